The molecule has 2 aliphatic rings. The molecule has 3 rings (SSSR count). The van der Waals surface area contributed by atoms with Gasteiger partial charge in [-0.3, -0.25) is 4.79 Å². The number of piperidine rings is 1. The zero-order valence-corrected chi connectivity index (χ0v) is 14.4. The number of aliphatic hydroxyl groups is 1. The Kier molecular flexibility index (Phi) is 5.69. The zero-order chi connectivity index (χ0) is 17.9. The molecule has 0 spiro atoms. The van der Waals surface area contributed by atoms with Crippen LogP contribution >= 0.6 is 0 Å². The van der Waals surface area contributed by atoms with E-state index in [2.05, 4.69) is 5.32 Å². The number of hydrogen-bond acceptors (Lipinski definition) is 3. The molecule has 0 unspecified atom stereocenters. The number of carbonyl (C=O) groups is 1. The summed E-state index contributed by atoms with van der Waals surface area (Å²) in [6.45, 7) is 0.646. The van der Waals surface area contributed by atoms with Crippen molar-refractivity contribution in [2.24, 2.45) is 0 Å². The van der Waals surface area contributed by atoms with Crippen LogP contribution in [0.1, 0.15) is 50.5 Å². The molecule has 1 saturated carbocycles. The third-order valence-electron chi connectivity index (χ3n) is 5.38. The average Bonchev–Trinajstić information content (AvgIpc) is 2.62. The third kappa shape index (κ3) is 4.18. The molecule has 0 aromatic heterocycles. The first-order valence-electron chi connectivity index (χ1n) is 9.18. The van der Waals surface area contributed by atoms with Crippen LogP contribution in [-0.2, 0) is 11.3 Å². The number of rotatable bonds is 5. The number of halogens is 2. The molecule has 1 saturated heterocycles. The highest BCUT2D eigenvalue weighted by atomic mass is 19.2. The summed E-state index contributed by atoms with van der Waals surface area (Å²) < 4.78 is 27.3. The Morgan fingerprint density at radius 1 is 1.20 bits per heavy atom. The van der Waals surface area contributed by atoms with E-state index in [0.717, 1.165) is 18.9 Å². The van der Waals surface area contributed by atoms with Gasteiger partial charge in [0.15, 0.2) is 17.2 Å². The van der Waals surface area contributed by atoms with Gasteiger partial charge in [-0.05, 0) is 31.7 Å². The summed E-state index contributed by atoms with van der Waals surface area (Å²) in [4.78, 5) is 14.2. The molecule has 1 heterocycles. The lowest BCUT2D eigenvalue weighted by Gasteiger charge is -2.39. The molecule has 1 amide bonds. The van der Waals surface area contributed by atoms with E-state index in [4.69, 9.17) is 0 Å². The van der Waals surface area contributed by atoms with Gasteiger partial charge in [-0.1, -0.05) is 31.4 Å². The van der Waals surface area contributed by atoms with E-state index in [1.807, 2.05) is 0 Å². The Labute approximate surface area is 147 Å². The highest BCUT2D eigenvalue weighted by Gasteiger charge is 2.42. The Bertz CT molecular complexity index is 619. The number of nitrogens with zero attached hydrogens (tertiary/aromatic N) is 1. The van der Waals surface area contributed by atoms with Gasteiger partial charge in [0, 0.05) is 31.2 Å². The van der Waals surface area contributed by atoms with Crippen LogP contribution in [0.4, 0.5) is 8.78 Å². The van der Waals surface area contributed by atoms with E-state index >= 15 is 0 Å². The lowest BCUT2D eigenvalue weighted by molar-refractivity contribution is -0.157. The first-order valence-corrected chi connectivity index (χ1v) is 9.18. The van der Waals surface area contributed by atoms with Crippen molar-refractivity contribution in [3.05, 3.63) is 35.4 Å². The number of benzene rings is 1. The summed E-state index contributed by atoms with van der Waals surface area (Å²) in [6.07, 6.45) is 6.78. The van der Waals surface area contributed by atoms with Crippen molar-refractivity contribution in [1.82, 2.24) is 10.2 Å². The highest BCUT2D eigenvalue weighted by molar-refractivity contribution is 5.86. The van der Waals surface area contributed by atoms with Crippen LogP contribution in [0.3, 0.4) is 0 Å². The molecule has 6 heteroatoms. The summed E-state index contributed by atoms with van der Waals surface area (Å²) in [5, 5.41) is 14.2. The number of nitrogens with one attached hydrogen (secondary N) is 1. The van der Waals surface area contributed by atoms with Gasteiger partial charge in [0.1, 0.15) is 0 Å². The molecule has 0 radical (unpaired) electrons. The topological polar surface area (TPSA) is 52.6 Å². The molecule has 25 heavy (non-hydrogen) atoms. The van der Waals surface area contributed by atoms with Crippen LogP contribution < -0.4 is 5.32 Å². The molecule has 138 valence electrons. The summed E-state index contributed by atoms with van der Waals surface area (Å²) in [5.74, 6) is -2.24. The molecule has 2 N–H and O–H groups in total. The molecule has 1 aromatic carbocycles. The Morgan fingerprint density at radius 2 is 1.96 bits per heavy atom. The van der Waals surface area contributed by atoms with E-state index in [1.165, 1.54) is 36.3 Å². The number of amides is 1. The quantitative estimate of drug-likeness (QED) is 0.857. The molecular formula is C19H26F2N2O2. The van der Waals surface area contributed by atoms with Gasteiger partial charge in [-0.2, -0.15) is 0 Å². The minimum absolute atomic E-state index is 0.0197. The van der Waals surface area contributed by atoms with Gasteiger partial charge in [-0.15, -0.1) is 0 Å². The van der Waals surface area contributed by atoms with Crippen molar-refractivity contribution in [2.75, 3.05) is 13.1 Å². The number of likely N-dealkylation sites (tertiary alicyclic amines) is 1. The molecular weight excluding hydrogens is 326 g/mol. The van der Waals surface area contributed by atoms with E-state index in [-0.39, 0.29) is 18.7 Å². The summed E-state index contributed by atoms with van der Waals surface area (Å²) >= 11 is 0. The standard InChI is InChI=1S/C19H26F2N2O2/c20-16-9-4-6-14(17(16)21)12-23-11-5-10-19(25,18(23)24)13-22-15-7-2-1-3-8-15/h4,6,9,15,22,25H,1-3,5,7-8,10-13H2/t19-/m1/s1. The molecule has 0 bridgehead atoms. The molecule has 1 aliphatic carbocycles. The molecule has 4 nitrogen and oxygen atoms in total. The number of hydrogen-bond donors (Lipinski definition) is 2. The highest BCUT2D eigenvalue weighted by Crippen LogP contribution is 2.26. The fraction of sp³-hybridized carbons (Fsp3) is 0.632. The maximum Gasteiger partial charge on any atom is 0.256 e. The van der Waals surface area contributed by atoms with Gasteiger partial charge < -0.3 is 15.3 Å². The van der Waals surface area contributed by atoms with E-state index in [0.29, 0.717) is 25.4 Å². The fourth-order valence-corrected chi connectivity index (χ4v) is 3.88. The van der Waals surface area contributed by atoms with E-state index in [9.17, 15) is 18.7 Å². The lowest BCUT2D eigenvalue weighted by Crippen LogP contribution is -2.58. The van der Waals surface area contributed by atoms with Crippen LogP contribution in [0, 0.1) is 11.6 Å². The van der Waals surface area contributed by atoms with Gasteiger partial charge >= 0.3 is 0 Å². The number of carbonyl (C=O) groups excluding carboxylic acids is 1. The summed E-state index contributed by atoms with van der Waals surface area (Å²) in [6, 6.07) is 4.31. The monoisotopic (exact) mass is 352 g/mol. The van der Waals surface area contributed by atoms with Gasteiger partial charge in [-0.25, -0.2) is 8.78 Å². The Morgan fingerprint density at radius 3 is 2.72 bits per heavy atom. The lowest BCUT2D eigenvalue weighted by atomic mass is 9.89. The maximum atomic E-state index is 13.9. The fourth-order valence-electron chi connectivity index (χ4n) is 3.88. The van der Waals surface area contributed by atoms with Gasteiger partial charge in [0.05, 0.1) is 0 Å². The normalized spacial score (nSPS) is 25.4. The van der Waals surface area contributed by atoms with Crippen LogP contribution in [0.5, 0.6) is 0 Å². The second-order valence-corrected chi connectivity index (χ2v) is 7.29. The first-order chi connectivity index (χ1) is 12.0. The van der Waals surface area contributed by atoms with Crippen LogP contribution in [0.2, 0.25) is 0 Å². The Balaban J connectivity index is 1.64. The van der Waals surface area contributed by atoms with E-state index < -0.39 is 23.1 Å². The molecule has 1 atom stereocenters. The largest absolute Gasteiger partial charge is 0.379 e. The molecule has 1 aromatic rings. The minimum Gasteiger partial charge on any atom is -0.379 e. The SMILES string of the molecule is O=C1N(Cc2cccc(F)c2F)CCC[C@@]1(O)CNC1CCCCC1. The second-order valence-electron chi connectivity index (χ2n) is 7.29. The van der Waals surface area contributed by atoms with Crippen molar-refractivity contribution >= 4 is 5.91 Å². The van der Waals surface area contributed by atoms with Crippen LogP contribution in [0.15, 0.2) is 18.2 Å². The van der Waals surface area contributed by atoms with Crippen molar-refractivity contribution in [1.29, 1.82) is 0 Å². The van der Waals surface area contributed by atoms with Crippen LogP contribution in [-0.4, -0.2) is 40.6 Å². The molecule has 2 fully saturated rings. The van der Waals surface area contributed by atoms with Crippen molar-refractivity contribution in [3.63, 3.8) is 0 Å². The van der Waals surface area contributed by atoms with Crippen LogP contribution in [0.25, 0.3) is 0 Å². The van der Waals surface area contributed by atoms with Gasteiger partial charge in [0.25, 0.3) is 5.91 Å². The third-order valence-corrected chi connectivity index (χ3v) is 5.38. The van der Waals surface area contributed by atoms with Crippen molar-refractivity contribution in [2.45, 2.75) is 63.1 Å². The van der Waals surface area contributed by atoms with Crippen molar-refractivity contribution < 1.29 is 18.7 Å². The first kappa shape index (κ1) is 18.3. The Hall–Kier alpha value is -1.53. The zero-order valence-electron chi connectivity index (χ0n) is 14.4. The smallest absolute Gasteiger partial charge is 0.256 e. The summed E-state index contributed by atoms with van der Waals surface area (Å²) in [7, 11) is 0. The minimum atomic E-state index is -1.46. The van der Waals surface area contributed by atoms with E-state index in [1.54, 1.807) is 0 Å². The summed E-state index contributed by atoms with van der Waals surface area (Å²) in [5.41, 5.74) is -1.32. The average molecular weight is 352 g/mol. The molecule has 1 aliphatic heterocycles. The second kappa shape index (κ2) is 7.79. The predicted molar refractivity (Wildman–Crippen MR) is 90.8 cm³/mol. The maximum absolute atomic E-state index is 13.9. The van der Waals surface area contributed by atoms with Crippen molar-refractivity contribution in [3.8, 4) is 0 Å². The predicted octanol–water partition coefficient (Wildman–Crippen LogP) is 2.74. The van der Waals surface area contributed by atoms with Gasteiger partial charge in [0.2, 0.25) is 0 Å².